The lowest BCUT2D eigenvalue weighted by atomic mass is 9.87. The van der Waals surface area contributed by atoms with Crippen LogP contribution in [0.25, 0.3) is 11.1 Å². The number of hydrogen-bond donors (Lipinski definition) is 1. The Morgan fingerprint density at radius 3 is 2.30 bits per heavy atom. The number of carbonyl (C=O) groups is 2. The van der Waals surface area contributed by atoms with Crippen molar-refractivity contribution in [3.05, 3.63) is 105 Å². The summed E-state index contributed by atoms with van der Waals surface area (Å²) in [7, 11) is 0. The molecule has 0 fully saturated rings. The van der Waals surface area contributed by atoms with Crippen LogP contribution in [0.15, 0.2) is 72.8 Å². The highest BCUT2D eigenvalue weighted by atomic mass is 35.5. The van der Waals surface area contributed by atoms with Crippen LogP contribution in [0, 0.1) is 6.92 Å². The van der Waals surface area contributed by atoms with E-state index in [-0.39, 0.29) is 32.8 Å². The number of fused-ring (bicyclic) bond motifs is 1. The predicted molar refractivity (Wildman–Crippen MR) is 166 cm³/mol. The molecule has 1 N–H and O–H groups in total. The topological polar surface area (TPSA) is 64.6 Å². The maximum atomic E-state index is 13.4. The molecule has 210 valence electrons. The molecule has 40 heavy (non-hydrogen) atoms. The largest absolute Gasteiger partial charge is 0.488 e. The van der Waals surface area contributed by atoms with Gasteiger partial charge in [0.15, 0.2) is 0 Å². The second-order valence-corrected chi connectivity index (χ2v) is 11.0. The number of amides is 1. The van der Waals surface area contributed by atoms with Crippen molar-refractivity contribution >= 4 is 40.6 Å². The van der Waals surface area contributed by atoms with E-state index in [1.807, 2.05) is 55.5 Å². The lowest BCUT2D eigenvalue weighted by Crippen LogP contribution is -2.16. The van der Waals surface area contributed by atoms with Crippen LogP contribution in [0.1, 0.15) is 58.7 Å². The monoisotopic (exact) mass is 577 g/mol. The summed E-state index contributed by atoms with van der Waals surface area (Å²) < 4.78 is 12.1. The van der Waals surface area contributed by atoms with Crippen molar-refractivity contribution in [1.29, 1.82) is 0 Å². The standard InChI is InChI=1S/C33H33NO4S.ClH.H2/c1-3-37-33(36)30-29(22(2)39-32(30)34-28(35)20-23-12-6-4-7-13-23)27-19-18-25-16-10-11-17-26(25)31(27)38-21-24-14-8-5-9-15-24;;/h4-9,12-15,18-19H,3,10-11,16-17,20-21H2,1-2H3,(H,34,35);2*1H. The Bertz CT molecular complexity index is 1470. The fraction of sp³-hybridized carbons (Fsp3) is 0.273. The zero-order valence-corrected chi connectivity index (χ0v) is 24.5. The van der Waals surface area contributed by atoms with Crippen molar-refractivity contribution in [2.24, 2.45) is 0 Å². The molecular formula is C33H36ClNO4S. The highest BCUT2D eigenvalue weighted by Gasteiger charge is 2.29. The van der Waals surface area contributed by atoms with Gasteiger partial charge in [-0.2, -0.15) is 0 Å². The Kier molecular flexibility index (Phi) is 10.0. The van der Waals surface area contributed by atoms with Crippen LogP contribution in [-0.2, 0) is 35.4 Å². The van der Waals surface area contributed by atoms with E-state index in [9.17, 15) is 9.59 Å². The smallest absolute Gasteiger partial charge is 0.341 e. The summed E-state index contributed by atoms with van der Waals surface area (Å²) >= 11 is 1.40. The van der Waals surface area contributed by atoms with Crippen LogP contribution >= 0.6 is 23.7 Å². The minimum absolute atomic E-state index is 0. The molecule has 1 aliphatic carbocycles. The third-order valence-electron chi connectivity index (χ3n) is 7.00. The molecule has 0 radical (unpaired) electrons. The zero-order chi connectivity index (χ0) is 27.2. The molecule has 0 bridgehead atoms. The van der Waals surface area contributed by atoms with E-state index in [0.717, 1.165) is 58.6 Å². The Balaban J connectivity index is 0.00000231. The van der Waals surface area contributed by atoms with Gasteiger partial charge in [0.25, 0.3) is 0 Å². The highest BCUT2D eigenvalue weighted by molar-refractivity contribution is 7.17. The summed E-state index contributed by atoms with van der Waals surface area (Å²) in [6.07, 6.45) is 4.44. The molecule has 1 aliphatic rings. The molecule has 0 spiro atoms. The summed E-state index contributed by atoms with van der Waals surface area (Å²) in [6.45, 7) is 4.45. The van der Waals surface area contributed by atoms with Crippen molar-refractivity contribution in [3.63, 3.8) is 0 Å². The molecule has 0 atom stereocenters. The number of carbonyl (C=O) groups excluding carboxylic acids is 2. The summed E-state index contributed by atoms with van der Waals surface area (Å²) in [5.41, 5.74) is 6.53. The highest BCUT2D eigenvalue weighted by Crippen LogP contribution is 2.46. The Morgan fingerprint density at radius 2 is 1.60 bits per heavy atom. The van der Waals surface area contributed by atoms with Gasteiger partial charge in [-0.25, -0.2) is 4.79 Å². The SMILES string of the molecule is CCOC(=O)c1c(NC(=O)Cc2ccccc2)sc(C)c1-c1ccc2c(c1OCc1ccccc1)CCCC2.Cl.[HH]. The van der Waals surface area contributed by atoms with Crippen LogP contribution < -0.4 is 10.1 Å². The van der Waals surface area contributed by atoms with Gasteiger partial charge in [-0.15, -0.1) is 23.7 Å². The predicted octanol–water partition coefficient (Wildman–Crippen LogP) is 8.21. The number of rotatable bonds is 9. The molecule has 0 unspecified atom stereocenters. The molecule has 0 aliphatic heterocycles. The summed E-state index contributed by atoms with van der Waals surface area (Å²) in [5.74, 6) is 0.203. The lowest BCUT2D eigenvalue weighted by molar-refractivity contribution is -0.115. The second kappa shape index (κ2) is 13.6. The number of ether oxygens (including phenoxy) is 2. The van der Waals surface area contributed by atoms with Gasteiger partial charge in [-0.3, -0.25) is 4.79 Å². The fourth-order valence-electron chi connectivity index (χ4n) is 5.19. The average molecular weight is 578 g/mol. The number of hydrogen-bond acceptors (Lipinski definition) is 5. The first-order valence-electron chi connectivity index (χ1n) is 13.5. The van der Waals surface area contributed by atoms with Gasteiger partial charge in [0.1, 0.15) is 22.9 Å². The molecule has 0 saturated heterocycles. The van der Waals surface area contributed by atoms with Crippen LogP contribution in [0.3, 0.4) is 0 Å². The Labute approximate surface area is 247 Å². The van der Waals surface area contributed by atoms with E-state index in [2.05, 4.69) is 29.6 Å². The third-order valence-corrected chi connectivity index (χ3v) is 8.02. The first kappa shape index (κ1) is 29.4. The number of halogens is 1. The van der Waals surface area contributed by atoms with E-state index in [1.54, 1.807) is 6.92 Å². The van der Waals surface area contributed by atoms with Crippen LogP contribution in [0.2, 0.25) is 0 Å². The number of anilines is 1. The summed E-state index contributed by atoms with van der Waals surface area (Å²) in [6, 6.07) is 23.9. The van der Waals surface area contributed by atoms with E-state index in [0.29, 0.717) is 17.2 Å². The average Bonchev–Trinajstić information content (AvgIpc) is 3.27. The zero-order valence-electron chi connectivity index (χ0n) is 22.8. The van der Waals surface area contributed by atoms with E-state index in [4.69, 9.17) is 9.47 Å². The number of esters is 1. The second-order valence-electron chi connectivity index (χ2n) is 9.73. The molecule has 1 aromatic heterocycles. The molecule has 7 heteroatoms. The van der Waals surface area contributed by atoms with Gasteiger partial charge in [-0.05, 0) is 61.8 Å². The van der Waals surface area contributed by atoms with E-state index >= 15 is 0 Å². The van der Waals surface area contributed by atoms with Gasteiger partial charge in [-0.1, -0.05) is 72.8 Å². The molecule has 0 saturated carbocycles. The first-order chi connectivity index (χ1) is 19.0. The minimum Gasteiger partial charge on any atom is -0.488 e. The number of thiophene rings is 1. The van der Waals surface area contributed by atoms with E-state index < -0.39 is 5.97 Å². The van der Waals surface area contributed by atoms with Gasteiger partial charge in [0.05, 0.1) is 13.0 Å². The lowest BCUT2D eigenvalue weighted by Gasteiger charge is -2.23. The minimum atomic E-state index is -0.446. The fourth-order valence-corrected chi connectivity index (χ4v) is 6.27. The molecule has 1 heterocycles. The molecule has 5 rings (SSSR count). The number of nitrogens with one attached hydrogen (secondary N) is 1. The van der Waals surface area contributed by atoms with Crippen molar-refractivity contribution in [2.75, 3.05) is 11.9 Å². The first-order valence-corrected chi connectivity index (χ1v) is 14.3. The van der Waals surface area contributed by atoms with Crippen molar-refractivity contribution in [2.45, 2.75) is 52.6 Å². The maximum absolute atomic E-state index is 13.4. The number of aryl methyl sites for hydroxylation is 2. The number of benzene rings is 3. The molecule has 5 nitrogen and oxygen atoms in total. The van der Waals surface area contributed by atoms with Gasteiger partial charge < -0.3 is 14.8 Å². The van der Waals surface area contributed by atoms with Crippen LogP contribution in [-0.4, -0.2) is 18.5 Å². The molecule has 4 aromatic rings. The summed E-state index contributed by atoms with van der Waals surface area (Å²) in [5, 5.41) is 3.51. The van der Waals surface area contributed by atoms with Gasteiger partial charge >= 0.3 is 5.97 Å². The summed E-state index contributed by atoms with van der Waals surface area (Å²) in [4.78, 5) is 27.3. The van der Waals surface area contributed by atoms with Gasteiger partial charge in [0, 0.05) is 17.4 Å². The van der Waals surface area contributed by atoms with Crippen molar-refractivity contribution in [1.82, 2.24) is 0 Å². The Morgan fingerprint density at radius 1 is 0.925 bits per heavy atom. The Hall–Kier alpha value is -3.61. The molecular weight excluding hydrogens is 542 g/mol. The van der Waals surface area contributed by atoms with E-state index in [1.165, 1.54) is 22.5 Å². The third kappa shape index (κ3) is 6.57. The van der Waals surface area contributed by atoms with Gasteiger partial charge in [0.2, 0.25) is 5.91 Å². The quantitative estimate of drug-likeness (QED) is 0.204. The van der Waals surface area contributed by atoms with Crippen LogP contribution in [0.4, 0.5) is 5.00 Å². The molecule has 3 aromatic carbocycles. The normalized spacial score (nSPS) is 12.2. The van der Waals surface area contributed by atoms with Crippen molar-refractivity contribution in [3.8, 4) is 16.9 Å². The molecule has 1 amide bonds. The maximum Gasteiger partial charge on any atom is 0.341 e. The van der Waals surface area contributed by atoms with Crippen LogP contribution in [0.5, 0.6) is 5.75 Å². The van der Waals surface area contributed by atoms with Crippen molar-refractivity contribution < 1.29 is 20.5 Å².